The van der Waals surface area contributed by atoms with Crippen LogP contribution in [0.25, 0.3) is 0 Å². The Morgan fingerprint density at radius 2 is 1.96 bits per heavy atom. The van der Waals surface area contributed by atoms with E-state index in [2.05, 4.69) is 13.8 Å². The van der Waals surface area contributed by atoms with Crippen LogP contribution in [0.15, 0.2) is 30.5 Å². The summed E-state index contributed by atoms with van der Waals surface area (Å²) in [5.74, 6) is 0.881. The molecule has 1 aromatic carbocycles. The van der Waals surface area contributed by atoms with E-state index in [0.29, 0.717) is 13.2 Å². The van der Waals surface area contributed by atoms with Crippen LogP contribution in [-0.2, 0) is 14.3 Å². The van der Waals surface area contributed by atoms with Gasteiger partial charge in [0.2, 0.25) is 0 Å². The van der Waals surface area contributed by atoms with E-state index in [-0.39, 0.29) is 29.6 Å². The highest BCUT2D eigenvalue weighted by molar-refractivity contribution is 5.86. The van der Waals surface area contributed by atoms with Crippen LogP contribution in [0.5, 0.6) is 5.75 Å². The van der Waals surface area contributed by atoms with Crippen molar-refractivity contribution in [3.05, 3.63) is 41.7 Å². The monoisotopic (exact) mass is 346 g/mol. The van der Waals surface area contributed by atoms with Crippen molar-refractivity contribution in [3.8, 4) is 5.75 Å². The highest BCUT2D eigenvalue weighted by Gasteiger charge is 2.47. The molecule has 0 aliphatic heterocycles. The van der Waals surface area contributed by atoms with Crippen molar-refractivity contribution in [3.63, 3.8) is 0 Å². The molecule has 0 aromatic heterocycles. The number of aryl methyl sites for hydroxylation is 2. The topological polar surface area (TPSA) is 44.8 Å². The second-order valence-corrected chi connectivity index (χ2v) is 6.78. The van der Waals surface area contributed by atoms with Crippen LogP contribution in [-0.4, -0.2) is 32.2 Å². The molecule has 1 aliphatic carbocycles. The molecule has 0 heterocycles. The number of Topliss-reactive ketones (excluding diaryl/α,β-unsaturated/α-hetero) is 1. The largest absolute Gasteiger partial charge is 0.502 e. The quantitative estimate of drug-likeness (QED) is 0.665. The van der Waals surface area contributed by atoms with Crippen molar-refractivity contribution in [1.29, 1.82) is 0 Å². The molecule has 1 fully saturated rings. The first-order valence-electron chi connectivity index (χ1n) is 9.02. The first-order chi connectivity index (χ1) is 12.0. The summed E-state index contributed by atoms with van der Waals surface area (Å²) in [6, 6.07) is 6.03. The summed E-state index contributed by atoms with van der Waals surface area (Å²) in [7, 11) is 1.68. The molecule has 2 unspecified atom stereocenters. The van der Waals surface area contributed by atoms with Gasteiger partial charge in [0.25, 0.3) is 0 Å². The Morgan fingerprint density at radius 3 is 2.60 bits per heavy atom. The average Bonchev–Trinajstić information content (AvgIpc) is 2.83. The fourth-order valence-electron chi connectivity index (χ4n) is 3.56. The second-order valence-electron chi connectivity index (χ2n) is 6.78. The van der Waals surface area contributed by atoms with Gasteiger partial charge in [0.1, 0.15) is 11.5 Å². The van der Waals surface area contributed by atoms with Crippen molar-refractivity contribution >= 4 is 5.78 Å². The summed E-state index contributed by atoms with van der Waals surface area (Å²) in [6.07, 6.45) is 4.36. The lowest BCUT2D eigenvalue weighted by molar-refractivity contribution is -0.125. The number of carbonyl (C=O) groups is 1. The first kappa shape index (κ1) is 19.5. The van der Waals surface area contributed by atoms with Gasteiger partial charge in [0.05, 0.1) is 31.5 Å². The van der Waals surface area contributed by atoms with Gasteiger partial charge in [-0.2, -0.15) is 0 Å². The Morgan fingerprint density at radius 1 is 1.20 bits per heavy atom. The molecule has 0 spiro atoms. The first-order valence-corrected chi connectivity index (χ1v) is 9.02. The lowest BCUT2D eigenvalue weighted by atomic mass is 9.91. The smallest absolute Gasteiger partial charge is 0.145 e. The fourth-order valence-corrected chi connectivity index (χ4v) is 3.56. The Kier molecular flexibility index (Phi) is 7.06. The summed E-state index contributed by atoms with van der Waals surface area (Å²) >= 11 is 0. The van der Waals surface area contributed by atoms with E-state index in [4.69, 9.17) is 14.2 Å². The van der Waals surface area contributed by atoms with Crippen LogP contribution < -0.4 is 4.74 Å². The molecule has 138 valence electrons. The molecule has 0 N–H and O–H groups in total. The van der Waals surface area contributed by atoms with E-state index in [9.17, 15) is 4.79 Å². The number of rotatable bonds is 8. The zero-order chi connectivity index (χ0) is 18.4. The molecule has 4 heteroatoms. The van der Waals surface area contributed by atoms with Crippen molar-refractivity contribution in [2.24, 2.45) is 17.8 Å². The molecule has 0 saturated heterocycles. The standard InChI is InChI=1S/C21H30O4/c1-6-24-11-7-8-18-19(20(22)16(4)21(18)23-5)13-25-17-10-9-14(2)15(3)12-17/h7,9-12,16,18-19,21H,6,8,13H2,1-5H3/b11-7-/t16?,18-,19-,21?/m1/s1. The van der Waals surface area contributed by atoms with Gasteiger partial charge in [-0.05, 0) is 56.5 Å². The van der Waals surface area contributed by atoms with Crippen molar-refractivity contribution in [2.75, 3.05) is 20.3 Å². The third-order valence-electron chi connectivity index (χ3n) is 5.19. The van der Waals surface area contributed by atoms with Crippen LogP contribution in [0, 0.1) is 31.6 Å². The summed E-state index contributed by atoms with van der Waals surface area (Å²) in [5, 5.41) is 0. The van der Waals surface area contributed by atoms with Crippen LogP contribution >= 0.6 is 0 Å². The zero-order valence-electron chi connectivity index (χ0n) is 16.0. The summed E-state index contributed by atoms with van der Waals surface area (Å²) in [4.78, 5) is 12.7. The normalized spacial score (nSPS) is 26.4. The summed E-state index contributed by atoms with van der Waals surface area (Å²) in [5.41, 5.74) is 2.42. The van der Waals surface area contributed by atoms with Crippen molar-refractivity contribution < 1.29 is 19.0 Å². The van der Waals surface area contributed by atoms with Gasteiger partial charge >= 0.3 is 0 Å². The number of ether oxygens (including phenoxy) is 3. The Balaban J connectivity index is 2.08. The molecule has 0 bridgehead atoms. The minimum atomic E-state index is -0.159. The van der Waals surface area contributed by atoms with Gasteiger partial charge in [-0.1, -0.05) is 13.0 Å². The highest BCUT2D eigenvalue weighted by Crippen LogP contribution is 2.38. The number of hydrogen-bond donors (Lipinski definition) is 0. The molecule has 1 saturated carbocycles. The lowest BCUT2D eigenvalue weighted by Crippen LogP contribution is -2.27. The molecule has 1 aliphatic rings. The number of methoxy groups -OCH3 is 1. The SMILES string of the molecule is CCO/C=C\C[C@H]1C(OC)C(C)C(=O)[C@@H]1COc1ccc(C)c(C)c1. The molecule has 2 rings (SSSR count). The number of allylic oxidation sites excluding steroid dienone is 1. The van der Waals surface area contributed by atoms with Gasteiger partial charge in [-0.15, -0.1) is 0 Å². The number of carbonyl (C=O) groups excluding carboxylic acids is 1. The van der Waals surface area contributed by atoms with Crippen molar-refractivity contribution in [1.82, 2.24) is 0 Å². The van der Waals surface area contributed by atoms with Gasteiger partial charge in [0.15, 0.2) is 0 Å². The second kappa shape index (κ2) is 9.04. The van der Waals surface area contributed by atoms with E-state index >= 15 is 0 Å². The molecule has 0 amide bonds. The molecule has 0 radical (unpaired) electrons. The molecule has 25 heavy (non-hydrogen) atoms. The lowest BCUT2D eigenvalue weighted by Gasteiger charge is -2.22. The predicted molar refractivity (Wildman–Crippen MR) is 98.7 cm³/mol. The van der Waals surface area contributed by atoms with Crippen LogP contribution in [0.3, 0.4) is 0 Å². The zero-order valence-corrected chi connectivity index (χ0v) is 16.0. The van der Waals surface area contributed by atoms with Gasteiger partial charge in [0, 0.05) is 18.9 Å². The van der Waals surface area contributed by atoms with E-state index < -0.39 is 0 Å². The van der Waals surface area contributed by atoms with Gasteiger partial charge in [-0.25, -0.2) is 0 Å². The van der Waals surface area contributed by atoms with Crippen LogP contribution in [0.1, 0.15) is 31.4 Å². The maximum Gasteiger partial charge on any atom is 0.145 e. The van der Waals surface area contributed by atoms with E-state index in [1.54, 1.807) is 13.4 Å². The summed E-state index contributed by atoms with van der Waals surface area (Å²) < 4.78 is 16.9. The van der Waals surface area contributed by atoms with Gasteiger partial charge in [-0.3, -0.25) is 4.79 Å². The minimum absolute atomic E-state index is 0.0767. The fraction of sp³-hybridized carbons (Fsp3) is 0.571. The Hall–Kier alpha value is -1.81. The van der Waals surface area contributed by atoms with E-state index in [1.165, 1.54) is 11.1 Å². The molecular formula is C21H30O4. The van der Waals surface area contributed by atoms with Crippen LogP contribution in [0.4, 0.5) is 0 Å². The third-order valence-corrected chi connectivity index (χ3v) is 5.19. The predicted octanol–water partition coefficient (Wildman–Crippen LogP) is 4.09. The number of hydrogen-bond acceptors (Lipinski definition) is 4. The van der Waals surface area contributed by atoms with Crippen LogP contribution in [0.2, 0.25) is 0 Å². The number of ketones is 1. The molecule has 4 atom stereocenters. The maximum absolute atomic E-state index is 12.7. The minimum Gasteiger partial charge on any atom is -0.502 e. The van der Waals surface area contributed by atoms with Gasteiger partial charge < -0.3 is 14.2 Å². The molecule has 4 nitrogen and oxygen atoms in total. The van der Waals surface area contributed by atoms with E-state index in [1.807, 2.05) is 38.1 Å². The third kappa shape index (κ3) is 4.63. The molecule has 1 aromatic rings. The highest BCUT2D eigenvalue weighted by atomic mass is 16.5. The Bertz CT molecular complexity index is 608. The average molecular weight is 346 g/mol. The Labute approximate surface area is 151 Å². The summed E-state index contributed by atoms with van der Waals surface area (Å²) in [6.45, 7) is 9.07. The molecular weight excluding hydrogens is 316 g/mol. The maximum atomic E-state index is 12.7. The van der Waals surface area contributed by atoms with E-state index in [0.717, 1.165) is 12.2 Å². The number of benzene rings is 1. The van der Waals surface area contributed by atoms with Crippen molar-refractivity contribution in [2.45, 2.75) is 40.2 Å².